The molecule has 132 valence electrons. The minimum atomic E-state index is -4.66. The van der Waals surface area contributed by atoms with Crippen molar-refractivity contribution >= 4 is 24.8 Å². The number of anilines is 1. The molecule has 12 nitrogen and oxygen atoms in total. The lowest BCUT2D eigenvalue weighted by atomic mass is 10.2. The predicted octanol–water partition coefficient (Wildman–Crippen LogP) is -0.825. The molecule has 0 bridgehead atoms. The molecule has 3 atom stereocenters. The van der Waals surface area contributed by atoms with Crippen LogP contribution in [0.2, 0.25) is 0 Å². The summed E-state index contributed by atoms with van der Waals surface area (Å²) in [5.41, 5.74) is 6.44. The third-order valence-corrected chi connectivity index (χ3v) is 4.04. The number of nitrogen functional groups attached to an aromatic ring is 1. The molecule has 1 saturated heterocycles. The maximum absolute atomic E-state index is 10.8. The second kappa shape index (κ2) is 6.24. The number of aliphatic hydroxyl groups excluding tert-OH is 1. The quantitative estimate of drug-likeness (QED) is 0.489. The Morgan fingerprint density at radius 3 is 2.92 bits per heavy atom. The Kier molecular flexibility index (Phi) is 4.42. The second-order valence-corrected chi connectivity index (χ2v) is 6.36. The van der Waals surface area contributed by atoms with Crippen LogP contribution in [0.15, 0.2) is 6.33 Å². The van der Waals surface area contributed by atoms with Gasteiger partial charge in [0.1, 0.15) is 18.7 Å². The number of imidazole rings is 1. The number of rotatable bonds is 5. The van der Waals surface area contributed by atoms with E-state index in [1.807, 2.05) is 0 Å². The molecule has 1 aliphatic heterocycles. The number of phosphoric acid groups is 1. The summed E-state index contributed by atoms with van der Waals surface area (Å²) in [7, 11) is -3.25. The Hall–Kier alpha value is -1.82. The lowest BCUT2D eigenvalue weighted by Crippen LogP contribution is -2.25. The van der Waals surface area contributed by atoms with Crippen LogP contribution in [0.25, 0.3) is 11.2 Å². The van der Waals surface area contributed by atoms with Crippen LogP contribution in [0.1, 0.15) is 12.6 Å². The minimum Gasteiger partial charge on any atom is -0.468 e. The van der Waals surface area contributed by atoms with Crippen LogP contribution < -0.4 is 10.5 Å². The number of phosphoric ester groups is 1. The minimum absolute atomic E-state index is 0.126. The van der Waals surface area contributed by atoms with Crippen molar-refractivity contribution in [2.75, 3.05) is 19.5 Å². The first-order chi connectivity index (χ1) is 11.3. The van der Waals surface area contributed by atoms with E-state index in [1.54, 1.807) is 0 Å². The number of hydrogen-bond donors (Lipinski definition) is 4. The van der Waals surface area contributed by atoms with Gasteiger partial charge in [-0.05, 0) is 0 Å². The van der Waals surface area contributed by atoms with Crippen molar-refractivity contribution in [1.29, 1.82) is 0 Å². The molecule has 0 aromatic carbocycles. The summed E-state index contributed by atoms with van der Waals surface area (Å²) >= 11 is 0. The first kappa shape index (κ1) is 17.0. The number of nitrogens with two attached hydrogens (primary N) is 1. The van der Waals surface area contributed by atoms with Gasteiger partial charge >= 0.3 is 13.8 Å². The summed E-state index contributed by atoms with van der Waals surface area (Å²) in [5.74, 6) is 0.164. The monoisotopic (exact) mass is 361 g/mol. The average molecular weight is 361 g/mol. The molecule has 5 N–H and O–H groups in total. The number of nitrogens with zero attached hydrogens (tertiary/aromatic N) is 4. The van der Waals surface area contributed by atoms with Crippen molar-refractivity contribution < 1.29 is 33.5 Å². The summed E-state index contributed by atoms with van der Waals surface area (Å²) in [6.07, 6.45) is -1.26. The van der Waals surface area contributed by atoms with Gasteiger partial charge in [-0.3, -0.25) is 9.09 Å². The number of hydrogen-bond acceptors (Lipinski definition) is 9. The highest BCUT2D eigenvalue weighted by molar-refractivity contribution is 7.46. The zero-order valence-corrected chi connectivity index (χ0v) is 13.4. The zero-order valence-electron chi connectivity index (χ0n) is 12.5. The Morgan fingerprint density at radius 1 is 1.50 bits per heavy atom. The summed E-state index contributed by atoms with van der Waals surface area (Å²) in [6, 6.07) is 0.158. The van der Waals surface area contributed by atoms with E-state index in [1.165, 1.54) is 18.0 Å². The van der Waals surface area contributed by atoms with Gasteiger partial charge in [-0.15, -0.1) is 0 Å². The molecule has 1 aliphatic rings. The Bertz CT molecular complexity index is 792. The van der Waals surface area contributed by atoms with E-state index in [-0.39, 0.29) is 18.2 Å². The van der Waals surface area contributed by atoms with Crippen molar-refractivity contribution in [1.82, 2.24) is 19.5 Å². The van der Waals surface area contributed by atoms with E-state index in [9.17, 15) is 9.67 Å². The highest BCUT2D eigenvalue weighted by Gasteiger charge is 2.38. The van der Waals surface area contributed by atoms with E-state index in [4.69, 9.17) is 25.0 Å². The van der Waals surface area contributed by atoms with Crippen molar-refractivity contribution in [3.8, 4) is 6.01 Å². The largest absolute Gasteiger partial charge is 0.469 e. The summed E-state index contributed by atoms with van der Waals surface area (Å²) in [6.45, 7) is -0.464. The van der Waals surface area contributed by atoms with E-state index in [0.29, 0.717) is 11.2 Å². The molecule has 2 aromatic rings. The van der Waals surface area contributed by atoms with E-state index >= 15 is 0 Å². The highest BCUT2D eigenvalue weighted by atomic mass is 31.2. The van der Waals surface area contributed by atoms with Crippen LogP contribution in [0.5, 0.6) is 6.01 Å². The Labute approximate surface area is 135 Å². The van der Waals surface area contributed by atoms with Crippen LogP contribution >= 0.6 is 7.82 Å². The molecule has 2 aromatic heterocycles. The summed E-state index contributed by atoms with van der Waals surface area (Å²) in [5, 5.41) is 10.1. The van der Waals surface area contributed by atoms with Crippen molar-refractivity contribution in [3.63, 3.8) is 0 Å². The van der Waals surface area contributed by atoms with E-state index in [0.717, 1.165) is 0 Å². The number of fused-ring (bicyclic) bond motifs is 1. The highest BCUT2D eigenvalue weighted by Crippen LogP contribution is 2.39. The van der Waals surface area contributed by atoms with Crippen molar-refractivity contribution in [3.05, 3.63) is 6.33 Å². The van der Waals surface area contributed by atoms with Gasteiger partial charge in [-0.1, -0.05) is 0 Å². The third kappa shape index (κ3) is 3.20. The fourth-order valence-corrected chi connectivity index (χ4v) is 2.84. The van der Waals surface area contributed by atoms with Gasteiger partial charge in [0.15, 0.2) is 17.0 Å². The molecule has 0 amide bonds. The fraction of sp³-hybridized carbons (Fsp3) is 0.545. The fourth-order valence-electron chi connectivity index (χ4n) is 2.50. The number of aromatic nitrogens is 4. The Balaban J connectivity index is 1.89. The molecule has 0 aliphatic carbocycles. The summed E-state index contributed by atoms with van der Waals surface area (Å²) in [4.78, 5) is 29.6. The van der Waals surface area contributed by atoms with E-state index in [2.05, 4.69) is 19.5 Å². The van der Waals surface area contributed by atoms with Crippen LogP contribution in [0, 0.1) is 0 Å². The molecular formula is C11H16N5O7P. The van der Waals surface area contributed by atoms with Crippen molar-refractivity contribution in [2.24, 2.45) is 0 Å². The van der Waals surface area contributed by atoms with Gasteiger partial charge in [0.2, 0.25) is 0 Å². The molecule has 0 saturated carbocycles. The number of aliphatic hydroxyl groups is 1. The zero-order chi connectivity index (χ0) is 17.5. The van der Waals surface area contributed by atoms with Gasteiger partial charge in [0.25, 0.3) is 0 Å². The van der Waals surface area contributed by atoms with Gasteiger partial charge in [-0.25, -0.2) is 14.5 Å². The maximum atomic E-state index is 10.8. The number of ether oxygens (including phenoxy) is 2. The van der Waals surface area contributed by atoms with Gasteiger partial charge in [0.05, 0.1) is 19.8 Å². The smallest absolute Gasteiger partial charge is 0.468 e. The molecule has 0 radical (unpaired) electrons. The molecule has 0 unspecified atom stereocenters. The molecule has 3 rings (SSSR count). The first-order valence-electron chi connectivity index (χ1n) is 6.86. The average Bonchev–Trinajstić information content (AvgIpc) is 3.05. The third-order valence-electron chi connectivity index (χ3n) is 3.55. The molecule has 13 heteroatoms. The topological polar surface area (TPSA) is 175 Å². The van der Waals surface area contributed by atoms with E-state index < -0.39 is 32.9 Å². The van der Waals surface area contributed by atoms with Crippen LogP contribution in [0.3, 0.4) is 0 Å². The SMILES string of the molecule is COc1nc2c(N)ncnc2n1[C@H]1C[C@H](O)[C@@H](COP(=O)(O)O)O1. The predicted molar refractivity (Wildman–Crippen MR) is 78.8 cm³/mol. The summed E-state index contributed by atoms with van der Waals surface area (Å²) < 4.78 is 27.5. The van der Waals surface area contributed by atoms with Gasteiger partial charge in [-0.2, -0.15) is 4.98 Å². The van der Waals surface area contributed by atoms with Crippen LogP contribution in [-0.2, 0) is 13.8 Å². The van der Waals surface area contributed by atoms with Crippen LogP contribution in [-0.4, -0.2) is 60.3 Å². The standard InChI is InChI=1S/C11H16N5O7P/c1-21-11-15-8-9(12)13-4-14-10(8)16(11)7-2-5(17)6(23-7)3-22-24(18,19)20/h4-7,17H,2-3H2,1H3,(H2,12,13,14)(H2,18,19,20)/t5-,6+,7+/m0/s1. The molecule has 24 heavy (non-hydrogen) atoms. The Morgan fingerprint density at radius 2 is 2.25 bits per heavy atom. The molecule has 3 heterocycles. The normalized spacial score (nSPS) is 24.6. The van der Waals surface area contributed by atoms with Gasteiger partial charge < -0.3 is 30.1 Å². The lowest BCUT2D eigenvalue weighted by Gasteiger charge is -2.17. The number of methoxy groups -OCH3 is 1. The first-order valence-corrected chi connectivity index (χ1v) is 8.39. The van der Waals surface area contributed by atoms with Crippen LogP contribution in [0.4, 0.5) is 5.82 Å². The van der Waals surface area contributed by atoms with Crippen molar-refractivity contribution in [2.45, 2.75) is 24.9 Å². The molecule has 1 fully saturated rings. The molecule has 0 spiro atoms. The second-order valence-electron chi connectivity index (χ2n) is 5.12. The maximum Gasteiger partial charge on any atom is 0.469 e. The van der Waals surface area contributed by atoms with Gasteiger partial charge in [0, 0.05) is 6.42 Å². The molecular weight excluding hydrogens is 345 g/mol. The lowest BCUT2D eigenvalue weighted by molar-refractivity contribution is -0.0442.